The van der Waals surface area contributed by atoms with Crippen molar-refractivity contribution in [3.63, 3.8) is 0 Å². The van der Waals surface area contributed by atoms with Crippen molar-refractivity contribution in [1.29, 1.82) is 0 Å². The summed E-state index contributed by atoms with van der Waals surface area (Å²) in [5, 5.41) is 0. The van der Waals surface area contributed by atoms with Crippen molar-refractivity contribution < 1.29 is 13.2 Å². The van der Waals surface area contributed by atoms with E-state index >= 15 is 0 Å². The van der Waals surface area contributed by atoms with Crippen molar-refractivity contribution in [2.24, 2.45) is 0 Å². The average molecular weight is 283 g/mol. The van der Waals surface area contributed by atoms with Crippen LogP contribution < -0.4 is 5.73 Å². The zero-order chi connectivity index (χ0) is 14.8. The molecule has 0 atom stereocenters. The molecule has 0 aliphatic heterocycles. The standard InChI is InChI=1S/C14H16F3N3/c1-2-3-8-20-9-19-12(13(20)18)10-4-6-11(7-5-10)14(15,16)17/h4-7,9H,2-3,8,18H2,1H3. The Kier molecular flexibility index (Phi) is 4.01. The Morgan fingerprint density at radius 3 is 2.40 bits per heavy atom. The molecule has 0 fully saturated rings. The van der Waals surface area contributed by atoms with E-state index in [0.717, 1.165) is 31.5 Å². The smallest absolute Gasteiger partial charge is 0.383 e. The van der Waals surface area contributed by atoms with Gasteiger partial charge in [0.2, 0.25) is 0 Å². The summed E-state index contributed by atoms with van der Waals surface area (Å²) in [5.41, 5.74) is 6.41. The lowest BCUT2D eigenvalue weighted by molar-refractivity contribution is -0.137. The van der Waals surface area contributed by atoms with Gasteiger partial charge in [0.15, 0.2) is 0 Å². The second-order valence-corrected chi connectivity index (χ2v) is 4.60. The first-order valence-corrected chi connectivity index (χ1v) is 6.41. The van der Waals surface area contributed by atoms with Crippen LogP contribution in [0.1, 0.15) is 25.3 Å². The van der Waals surface area contributed by atoms with Gasteiger partial charge in [0.05, 0.1) is 11.9 Å². The molecular weight excluding hydrogens is 267 g/mol. The number of imidazole rings is 1. The van der Waals surface area contributed by atoms with E-state index in [-0.39, 0.29) is 0 Å². The maximum Gasteiger partial charge on any atom is 0.416 e. The van der Waals surface area contributed by atoms with Gasteiger partial charge < -0.3 is 10.3 Å². The Bertz CT molecular complexity index is 570. The van der Waals surface area contributed by atoms with Gasteiger partial charge in [-0.05, 0) is 18.6 Å². The highest BCUT2D eigenvalue weighted by molar-refractivity contribution is 5.70. The number of anilines is 1. The van der Waals surface area contributed by atoms with E-state index in [4.69, 9.17) is 5.73 Å². The monoisotopic (exact) mass is 283 g/mol. The molecule has 20 heavy (non-hydrogen) atoms. The lowest BCUT2D eigenvalue weighted by atomic mass is 10.1. The van der Waals surface area contributed by atoms with E-state index < -0.39 is 11.7 Å². The van der Waals surface area contributed by atoms with Gasteiger partial charge in [-0.25, -0.2) is 4.98 Å². The summed E-state index contributed by atoms with van der Waals surface area (Å²) in [4.78, 5) is 4.19. The number of aromatic nitrogens is 2. The zero-order valence-corrected chi connectivity index (χ0v) is 11.1. The number of benzene rings is 1. The molecule has 2 N–H and O–H groups in total. The van der Waals surface area contributed by atoms with Gasteiger partial charge >= 0.3 is 6.18 Å². The molecule has 0 unspecified atom stereocenters. The van der Waals surface area contributed by atoms with Crippen molar-refractivity contribution >= 4 is 5.82 Å². The van der Waals surface area contributed by atoms with Gasteiger partial charge in [-0.15, -0.1) is 0 Å². The minimum atomic E-state index is -4.33. The number of halogens is 3. The van der Waals surface area contributed by atoms with Crippen molar-refractivity contribution in [2.75, 3.05) is 5.73 Å². The van der Waals surface area contributed by atoms with Crippen molar-refractivity contribution in [3.05, 3.63) is 36.2 Å². The van der Waals surface area contributed by atoms with Crippen LogP contribution in [0.15, 0.2) is 30.6 Å². The van der Waals surface area contributed by atoms with Crippen LogP contribution in [0.4, 0.5) is 19.0 Å². The summed E-state index contributed by atoms with van der Waals surface area (Å²) in [7, 11) is 0. The number of alkyl halides is 3. The summed E-state index contributed by atoms with van der Waals surface area (Å²) < 4.78 is 39.3. The summed E-state index contributed by atoms with van der Waals surface area (Å²) in [5.74, 6) is 0.484. The largest absolute Gasteiger partial charge is 0.416 e. The molecule has 1 heterocycles. The first kappa shape index (κ1) is 14.4. The normalized spacial score (nSPS) is 11.8. The number of hydrogen-bond donors (Lipinski definition) is 1. The molecule has 0 amide bonds. The second-order valence-electron chi connectivity index (χ2n) is 4.60. The van der Waals surface area contributed by atoms with Gasteiger partial charge in [-0.1, -0.05) is 25.5 Å². The molecule has 6 heteroatoms. The number of nitrogens with two attached hydrogens (primary N) is 1. The van der Waals surface area contributed by atoms with Crippen LogP contribution in [0.25, 0.3) is 11.3 Å². The van der Waals surface area contributed by atoms with Crippen LogP contribution in [0.3, 0.4) is 0 Å². The predicted octanol–water partition coefficient (Wildman–Crippen LogP) is 3.95. The first-order valence-electron chi connectivity index (χ1n) is 6.41. The summed E-state index contributed by atoms with van der Waals surface area (Å²) in [6, 6.07) is 4.87. The van der Waals surface area contributed by atoms with E-state index in [1.165, 1.54) is 12.1 Å². The van der Waals surface area contributed by atoms with E-state index in [1.54, 1.807) is 6.33 Å². The zero-order valence-electron chi connectivity index (χ0n) is 11.1. The van der Waals surface area contributed by atoms with Gasteiger partial charge in [0.1, 0.15) is 11.5 Å². The molecule has 2 aromatic rings. The lowest BCUT2D eigenvalue weighted by Crippen LogP contribution is -2.04. The predicted molar refractivity (Wildman–Crippen MR) is 72.0 cm³/mol. The molecule has 0 aliphatic carbocycles. The molecule has 0 bridgehead atoms. The van der Waals surface area contributed by atoms with Crippen LogP contribution in [0, 0.1) is 0 Å². The van der Waals surface area contributed by atoms with Gasteiger partial charge in [-0.2, -0.15) is 13.2 Å². The molecule has 1 aromatic heterocycles. The van der Waals surface area contributed by atoms with Crippen molar-refractivity contribution in [3.8, 4) is 11.3 Å². The Balaban J connectivity index is 2.26. The lowest BCUT2D eigenvalue weighted by Gasteiger charge is -2.07. The summed E-state index contributed by atoms with van der Waals surface area (Å²) >= 11 is 0. The SMILES string of the molecule is CCCCn1cnc(-c2ccc(C(F)(F)F)cc2)c1N. The van der Waals surface area contributed by atoms with E-state index in [9.17, 15) is 13.2 Å². The Morgan fingerprint density at radius 1 is 1.20 bits per heavy atom. The number of hydrogen-bond acceptors (Lipinski definition) is 2. The van der Waals surface area contributed by atoms with Gasteiger partial charge in [-0.3, -0.25) is 0 Å². The molecule has 1 aromatic carbocycles. The summed E-state index contributed by atoms with van der Waals surface area (Å²) in [6.45, 7) is 2.83. The quantitative estimate of drug-likeness (QED) is 0.923. The number of aryl methyl sites for hydroxylation is 1. The molecule has 108 valence electrons. The summed E-state index contributed by atoms with van der Waals surface area (Å²) in [6.07, 6.45) is -0.692. The molecule has 0 aliphatic rings. The maximum absolute atomic E-state index is 12.5. The number of nitrogen functional groups attached to an aromatic ring is 1. The molecule has 0 saturated heterocycles. The van der Waals surface area contributed by atoms with E-state index in [0.29, 0.717) is 17.1 Å². The number of nitrogens with zero attached hydrogens (tertiary/aromatic N) is 2. The van der Waals surface area contributed by atoms with Crippen LogP contribution in [0.5, 0.6) is 0 Å². The maximum atomic E-state index is 12.5. The average Bonchev–Trinajstić information content (AvgIpc) is 2.77. The van der Waals surface area contributed by atoms with Gasteiger partial charge in [0.25, 0.3) is 0 Å². The Morgan fingerprint density at radius 2 is 1.85 bits per heavy atom. The van der Waals surface area contributed by atoms with Crippen LogP contribution in [0.2, 0.25) is 0 Å². The minimum Gasteiger partial charge on any atom is -0.383 e. The first-order chi connectivity index (χ1) is 9.43. The minimum absolute atomic E-state index is 0.484. The fraction of sp³-hybridized carbons (Fsp3) is 0.357. The van der Waals surface area contributed by atoms with Crippen LogP contribution in [-0.4, -0.2) is 9.55 Å². The molecule has 0 saturated carbocycles. The van der Waals surface area contributed by atoms with Crippen molar-refractivity contribution in [2.45, 2.75) is 32.5 Å². The fourth-order valence-corrected chi connectivity index (χ4v) is 1.94. The highest BCUT2D eigenvalue weighted by Gasteiger charge is 2.30. The molecule has 3 nitrogen and oxygen atoms in total. The third-order valence-corrected chi connectivity index (χ3v) is 3.12. The third kappa shape index (κ3) is 2.95. The molecule has 0 spiro atoms. The topological polar surface area (TPSA) is 43.8 Å². The number of unbranched alkanes of at least 4 members (excludes halogenated alkanes) is 1. The highest BCUT2D eigenvalue weighted by atomic mass is 19.4. The van der Waals surface area contributed by atoms with Crippen LogP contribution >= 0.6 is 0 Å². The third-order valence-electron chi connectivity index (χ3n) is 3.12. The Hall–Kier alpha value is -1.98. The molecular formula is C14H16F3N3. The van der Waals surface area contributed by atoms with E-state index in [1.807, 2.05) is 4.57 Å². The molecule has 0 radical (unpaired) electrons. The molecule has 2 rings (SSSR count). The highest BCUT2D eigenvalue weighted by Crippen LogP contribution is 2.31. The van der Waals surface area contributed by atoms with Crippen molar-refractivity contribution in [1.82, 2.24) is 9.55 Å². The number of rotatable bonds is 4. The van der Waals surface area contributed by atoms with Gasteiger partial charge in [0, 0.05) is 12.1 Å². The second kappa shape index (κ2) is 5.56. The van der Waals surface area contributed by atoms with Crippen LogP contribution in [-0.2, 0) is 12.7 Å². The fourth-order valence-electron chi connectivity index (χ4n) is 1.94. The van der Waals surface area contributed by atoms with E-state index in [2.05, 4.69) is 11.9 Å². The Labute approximate surface area is 115 Å².